The number of rotatable bonds is 4. The van der Waals surface area contributed by atoms with Gasteiger partial charge in [-0.1, -0.05) is 37.3 Å². The van der Waals surface area contributed by atoms with Gasteiger partial charge in [0.25, 0.3) is 5.91 Å². The molecule has 1 amide bonds. The summed E-state index contributed by atoms with van der Waals surface area (Å²) in [6, 6.07) is 9.64. The molecule has 3 nitrogen and oxygen atoms in total. The minimum absolute atomic E-state index is 0.0367. The van der Waals surface area contributed by atoms with Gasteiger partial charge in [-0.15, -0.1) is 0 Å². The van der Waals surface area contributed by atoms with Gasteiger partial charge in [-0.2, -0.15) is 4.99 Å². The van der Waals surface area contributed by atoms with E-state index in [1.165, 1.54) is 6.08 Å². The van der Waals surface area contributed by atoms with Gasteiger partial charge in [0, 0.05) is 12.5 Å². The molecule has 0 aromatic heterocycles. The lowest BCUT2D eigenvalue weighted by Gasteiger charge is -2.09. The van der Waals surface area contributed by atoms with E-state index in [1.807, 2.05) is 51.1 Å². The molecule has 3 heteroatoms. The van der Waals surface area contributed by atoms with Crippen molar-refractivity contribution in [3.05, 3.63) is 42.0 Å². The van der Waals surface area contributed by atoms with E-state index in [0.717, 1.165) is 5.56 Å². The summed E-state index contributed by atoms with van der Waals surface area (Å²) >= 11 is 0. The summed E-state index contributed by atoms with van der Waals surface area (Å²) in [5.41, 5.74) is 0.976. The molecule has 0 fully saturated rings. The smallest absolute Gasteiger partial charge is 0.272 e. The molecule has 0 aliphatic carbocycles. The van der Waals surface area contributed by atoms with Crippen molar-refractivity contribution in [1.29, 1.82) is 0 Å². The van der Waals surface area contributed by atoms with Crippen LogP contribution in [0.3, 0.4) is 0 Å². The zero-order valence-corrected chi connectivity index (χ0v) is 11.1. The predicted molar refractivity (Wildman–Crippen MR) is 74.4 cm³/mol. The van der Waals surface area contributed by atoms with Gasteiger partial charge < -0.3 is 4.74 Å². The van der Waals surface area contributed by atoms with Gasteiger partial charge in [-0.3, -0.25) is 4.79 Å². The van der Waals surface area contributed by atoms with Gasteiger partial charge in [0.2, 0.25) is 0 Å². The van der Waals surface area contributed by atoms with Crippen molar-refractivity contribution in [1.82, 2.24) is 0 Å². The SMILES string of the molecule is CCC(=NC(=O)C=Cc1ccccc1)OC(C)C. The van der Waals surface area contributed by atoms with Crippen molar-refractivity contribution in [2.24, 2.45) is 4.99 Å². The minimum atomic E-state index is -0.295. The molecule has 0 N–H and O–H groups in total. The molecule has 0 atom stereocenters. The molecule has 0 heterocycles. The van der Waals surface area contributed by atoms with Crippen molar-refractivity contribution in [3.63, 3.8) is 0 Å². The van der Waals surface area contributed by atoms with E-state index < -0.39 is 0 Å². The van der Waals surface area contributed by atoms with E-state index in [1.54, 1.807) is 6.08 Å². The van der Waals surface area contributed by atoms with Crippen LogP contribution in [0.2, 0.25) is 0 Å². The lowest BCUT2D eigenvalue weighted by Crippen LogP contribution is -2.12. The van der Waals surface area contributed by atoms with Crippen LogP contribution >= 0.6 is 0 Å². The average molecular weight is 245 g/mol. The van der Waals surface area contributed by atoms with E-state index >= 15 is 0 Å². The first-order chi connectivity index (χ1) is 8.61. The third-order valence-electron chi connectivity index (χ3n) is 2.13. The second-order valence-corrected chi connectivity index (χ2v) is 4.11. The summed E-state index contributed by atoms with van der Waals surface area (Å²) in [5, 5.41) is 0. The lowest BCUT2D eigenvalue weighted by atomic mass is 10.2. The van der Waals surface area contributed by atoms with Crippen LogP contribution in [0, 0.1) is 0 Å². The summed E-state index contributed by atoms with van der Waals surface area (Å²) in [7, 11) is 0. The normalized spacial score (nSPS) is 12.1. The van der Waals surface area contributed by atoms with Gasteiger partial charge in [0.05, 0.1) is 6.10 Å². The highest BCUT2D eigenvalue weighted by Gasteiger charge is 2.02. The second kappa shape index (κ2) is 7.43. The predicted octanol–water partition coefficient (Wildman–Crippen LogP) is 3.46. The van der Waals surface area contributed by atoms with Crippen molar-refractivity contribution >= 4 is 17.9 Å². The molecule has 18 heavy (non-hydrogen) atoms. The Labute approximate surface area is 108 Å². The number of hydrogen-bond acceptors (Lipinski definition) is 2. The van der Waals surface area contributed by atoms with Crippen LogP contribution in [0.15, 0.2) is 41.4 Å². The van der Waals surface area contributed by atoms with Crippen LogP contribution in [0.25, 0.3) is 6.08 Å². The largest absolute Gasteiger partial charge is 0.478 e. The molecular weight excluding hydrogens is 226 g/mol. The number of ether oxygens (including phenoxy) is 1. The molecule has 0 aliphatic rings. The fourth-order valence-electron chi connectivity index (χ4n) is 1.35. The lowest BCUT2D eigenvalue weighted by molar-refractivity contribution is -0.113. The van der Waals surface area contributed by atoms with E-state index in [4.69, 9.17) is 4.74 Å². The Morgan fingerprint density at radius 3 is 2.56 bits per heavy atom. The van der Waals surface area contributed by atoms with E-state index in [-0.39, 0.29) is 12.0 Å². The highest BCUT2D eigenvalue weighted by molar-refractivity contribution is 5.99. The number of aliphatic imine (C=N–C) groups is 1. The Bertz CT molecular complexity index is 433. The maximum atomic E-state index is 11.6. The molecule has 0 aliphatic heterocycles. The van der Waals surface area contributed by atoms with Gasteiger partial charge in [0.15, 0.2) is 5.90 Å². The summed E-state index contributed by atoms with van der Waals surface area (Å²) < 4.78 is 5.42. The third kappa shape index (κ3) is 5.43. The molecule has 1 rings (SSSR count). The molecule has 0 unspecified atom stereocenters. The van der Waals surface area contributed by atoms with Gasteiger partial charge in [0.1, 0.15) is 0 Å². The first-order valence-corrected chi connectivity index (χ1v) is 6.13. The number of hydrogen-bond donors (Lipinski definition) is 0. The maximum Gasteiger partial charge on any atom is 0.272 e. The summed E-state index contributed by atoms with van der Waals surface area (Å²) in [5.74, 6) is 0.184. The fraction of sp³-hybridized carbons (Fsp3) is 0.333. The summed E-state index contributed by atoms with van der Waals surface area (Å²) in [6.45, 7) is 5.74. The standard InChI is InChI=1S/C15H19NO2/c1-4-15(18-12(2)3)16-14(17)11-10-13-8-6-5-7-9-13/h5-12H,4H2,1-3H3. The summed E-state index contributed by atoms with van der Waals surface area (Å²) in [4.78, 5) is 15.5. The van der Waals surface area contributed by atoms with Crippen LogP contribution in [0.4, 0.5) is 0 Å². The zero-order valence-electron chi connectivity index (χ0n) is 11.1. The number of amides is 1. The van der Waals surface area contributed by atoms with Crippen LogP contribution in [-0.2, 0) is 9.53 Å². The van der Waals surface area contributed by atoms with E-state index in [2.05, 4.69) is 4.99 Å². The van der Waals surface area contributed by atoms with E-state index in [0.29, 0.717) is 12.3 Å². The first-order valence-electron chi connectivity index (χ1n) is 6.13. The van der Waals surface area contributed by atoms with Crippen LogP contribution in [0.5, 0.6) is 0 Å². The Kier molecular flexibility index (Phi) is 5.85. The minimum Gasteiger partial charge on any atom is -0.478 e. The maximum absolute atomic E-state index is 11.6. The molecule has 1 aromatic carbocycles. The second-order valence-electron chi connectivity index (χ2n) is 4.11. The topological polar surface area (TPSA) is 38.7 Å². The van der Waals surface area contributed by atoms with Gasteiger partial charge >= 0.3 is 0 Å². The van der Waals surface area contributed by atoms with Crippen molar-refractivity contribution in [2.75, 3.05) is 0 Å². The van der Waals surface area contributed by atoms with Crippen molar-refractivity contribution in [3.8, 4) is 0 Å². The van der Waals surface area contributed by atoms with Crippen LogP contribution < -0.4 is 0 Å². The zero-order chi connectivity index (χ0) is 13.4. The molecule has 1 aromatic rings. The number of carbonyl (C=O) groups is 1. The molecule has 0 radical (unpaired) electrons. The Balaban J connectivity index is 2.65. The molecule has 0 saturated heterocycles. The molecule has 0 bridgehead atoms. The van der Waals surface area contributed by atoms with Crippen LogP contribution in [-0.4, -0.2) is 17.9 Å². The fourth-order valence-corrected chi connectivity index (χ4v) is 1.35. The highest BCUT2D eigenvalue weighted by atomic mass is 16.5. The van der Waals surface area contributed by atoms with Crippen molar-refractivity contribution < 1.29 is 9.53 Å². The van der Waals surface area contributed by atoms with Gasteiger partial charge in [-0.05, 0) is 25.5 Å². The third-order valence-corrected chi connectivity index (χ3v) is 2.13. The quantitative estimate of drug-likeness (QED) is 0.463. The number of nitrogens with zero attached hydrogens (tertiary/aromatic N) is 1. The molecule has 0 saturated carbocycles. The number of carbonyl (C=O) groups excluding carboxylic acids is 1. The summed E-state index contributed by atoms with van der Waals surface area (Å²) in [6.07, 6.45) is 3.85. The van der Waals surface area contributed by atoms with Gasteiger partial charge in [-0.25, -0.2) is 0 Å². The highest BCUT2D eigenvalue weighted by Crippen LogP contribution is 2.02. The Morgan fingerprint density at radius 2 is 2.00 bits per heavy atom. The Hall–Kier alpha value is -1.90. The van der Waals surface area contributed by atoms with Crippen molar-refractivity contribution in [2.45, 2.75) is 33.3 Å². The first kappa shape index (κ1) is 14.2. The monoisotopic (exact) mass is 245 g/mol. The van der Waals surface area contributed by atoms with Crippen LogP contribution in [0.1, 0.15) is 32.8 Å². The molecule has 96 valence electrons. The number of benzene rings is 1. The van der Waals surface area contributed by atoms with E-state index in [9.17, 15) is 4.79 Å². The average Bonchev–Trinajstić information content (AvgIpc) is 2.36. The molecule has 0 spiro atoms. The molecular formula is C15H19NO2. The Morgan fingerprint density at radius 1 is 1.33 bits per heavy atom.